The highest BCUT2D eigenvalue weighted by atomic mass is 16.5. The summed E-state index contributed by atoms with van der Waals surface area (Å²) in [4.78, 5) is 14.5. The lowest BCUT2D eigenvalue weighted by atomic mass is 9.93. The molecule has 0 saturated heterocycles. The summed E-state index contributed by atoms with van der Waals surface area (Å²) in [5.41, 5.74) is 3.03. The number of carbonyl (C=O) groups is 1. The van der Waals surface area contributed by atoms with Crippen LogP contribution in [0.4, 0.5) is 5.69 Å². The van der Waals surface area contributed by atoms with E-state index in [1.807, 2.05) is 54.3 Å². The van der Waals surface area contributed by atoms with Crippen molar-refractivity contribution >= 4 is 11.6 Å². The number of para-hydroxylation sites is 2. The predicted molar refractivity (Wildman–Crippen MR) is 97.8 cm³/mol. The summed E-state index contributed by atoms with van der Waals surface area (Å²) in [5.74, 6) is 0.561. The molecular formula is C20H24N2O3. The second-order valence-electron chi connectivity index (χ2n) is 6.10. The second kappa shape index (κ2) is 8.14. The quantitative estimate of drug-likeness (QED) is 0.849. The number of aliphatic hydroxyl groups excluding tert-OH is 1. The first-order valence-electron chi connectivity index (χ1n) is 8.67. The van der Waals surface area contributed by atoms with E-state index in [0.717, 1.165) is 18.5 Å². The normalized spacial score (nSPS) is 17.0. The van der Waals surface area contributed by atoms with Gasteiger partial charge in [0.1, 0.15) is 5.75 Å². The molecule has 1 aliphatic rings. The number of anilines is 1. The van der Waals surface area contributed by atoms with E-state index in [2.05, 4.69) is 11.4 Å². The number of hydrogen-bond acceptors (Lipinski definition) is 4. The summed E-state index contributed by atoms with van der Waals surface area (Å²) in [5, 5.41) is 12.8. The Balaban J connectivity index is 1.69. The van der Waals surface area contributed by atoms with Crippen LogP contribution in [0.25, 0.3) is 0 Å². The van der Waals surface area contributed by atoms with Gasteiger partial charge in [-0.2, -0.15) is 0 Å². The van der Waals surface area contributed by atoms with Gasteiger partial charge in [0.15, 0.2) is 0 Å². The van der Waals surface area contributed by atoms with Gasteiger partial charge in [0.25, 0.3) is 0 Å². The molecule has 2 aromatic rings. The van der Waals surface area contributed by atoms with Crippen LogP contribution in [-0.4, -0.2) is 42.2 Å². The van der Waals surface area contributed by atoms with Crippen LogP contribution < -0.4 is 10.1 Å². The molecule has 132 valence electrons. The third kappa shape index (κ3) is 4.00. The van der Waals surface area contributed by atoms with Gasteiger partial charge in [0.2, 0.25) is 5.91 Å². The monoisotopic (exact) mass is 340 g/mol. The van der Waals surface area contributed by atoms with Crippen molar-refractivity contribution in [3.63, 3.8) is 0 Å². The van der Waals surface area contributed by atoms with E-state index in [1.54, 1.807) is 0 Å². The number of carbonyl (C=O) groups excluding carboxylic acids is 1. The highest BCUT2D eigenvalue weighted by Gasteiger charge is 2.28. The first kappa shape index (κ1) is 17.5. The predicted octanol–water partition coefficient (Wildman–Crippen LogP) is 2.62. The molecule has 5 heteroatoms. The van der Waals surface area contributed by atoms with E-state index in [-0.39, 0.29) is 25.1 Å². The zero-order valence-corrected chi connectivity index (χ0v) is 14.4. The van der Waals surface area contributed by atoms with Crippen molar-refractivity contribution in [2.45, 2.75) is 19.4 Å². The van der Waals surface area contributed by atoms with E-state index in [9.17, 15) is 9.90 Å². The molecule has 1 atom stereocenters. The molecule has 3 rings (SSSR count). The second-order valence-corrected chi connectivity index (χ2v) is 6.10. The minimum atomic E-state index is -0.141. The molecule has 0 aliphatic carbocycles. The first-order chi connectivity index (χ1) is 12.2. The summed E-state index contributed by atoms with van der Waals surface area (Å²) in [6.45, 7) is 3.45. The van der Waals surface area contributed by atoms with Crippen LogP contribution in [0.15, 0.2) is 48.5 Å². The van der Waals surface area contributed by atoms with Crippen LogP contribution >= 0.6 is 0 Å². The minimum Gasteiger partial charge on any atom is -0.492 e. The van der Waals surface area contributed by atoms with Gasteiger partial charge in [0, 0.05) is 6.54 Å². The number of benzene rings is 2. The fraction of sp³-hybridized carbons (Fsp3) is 0.350. The van der Waals surface area contributed by atoms with E-state index >= 15 is 0 Å². The average molecular weight is 340 g/mol. The average Bonchev–Trinajstić information content (AvgIpc) is 2.63. The van der Waals surface area contributed by atoms with E-state index < -0.39 is 0 Å². The molecule has 25 heavy (non-hydrogen) atoms. The minimum absolute atomic E-state index is 0.000172. The molecule has 2 N–H and O–H groups in total. The number of fused-ring (bicyclic) bond motifs is 1. The maximum atomic E-state index is 12.5. The molecule has 1 unspecified atom stereocenters. The largest absolute Gasteiger partial charge is 0.492 e. The maximum Gasteiger partial charge on any atom is 0.238 e. The zero-order valence-electron chi connectivity index (χ0n) is 14.4. The molecule has 0 spiro atoms. The fourth-order valence-corrected chi connectivity index (χ4v) is 3.33. The Morgan fingerprint density at radius 1 is 1.24 bits per heavy atom. The number of ether oxygens (including phenoxy) is 1. The van der Waals surface area contributed by atoms with Gasteiger partial charge in [-0.3, -0.25) is 9.69 Å². The van der Waals surface area contributed by atoms with E-state index in [4.69, 9.17) is 4.74 Å². The van der Waals surface area contributed by atoms with Crippen LogP contribution in [0.5, 0.6) is 5.75 Å². The van der Waals surface area contributed by atoms with Crippen molar-refractivity contribution in [3.8, 4) is 5.75 Å². The number of amides is 1. The van der Waals surface area contributed by atoms with Gasteiger partial charge in [-0.1, -0.05) is 36.4 Å². The zero-order chi connectivity index (χ0) is 17.6. The standard InChI is InChI=1S/C20H24N2O3/c1-2-25-19-10-6-5-9-17(19)21-20(24)13-22-12-11-15-7-3-4-8-16(15)18(22)14-23/h3-10,18,23H,2,11-14H2,1H3,(H,21,24). The third-order valence-corrected chi connectivity index (χ3v) is 4.50. The Kier molecular flexibility index (Phi) is 5.68. The summed E-state index contributed by atoms with van der Waals surface area (Å²) in [6, 6.07) is 15.4. The SMILES string of the molecule is CCOc1ccccc1NC(=O)CN1CCc2ccccc2C1CO. The fourth-order valence-electron chi connectivity index (χ4n) is 3.33. The summed E-state index contributed by atoms with van der Waals surface area (Å²) in [6.07, 6.45) is 0.884. The van der Waals surface area contributed by atoms with Gasteiger partial charge >= 0.3 is 0 Å². The molecule has 1 heterocycles. The van der Waals surface area contributed by atoms with Crippen molar-refractivity contribution in [2.75, 3.05) is 31.6 Å². The maximum absolute atomic E-state index is 12.5. The smallest absolute Gasteiger partial charge is 0.238 e. The summed E-state index contributed by atoms with van der Waals surface area (Å²) < 4.78 is 5.55. The molecule has 1 aliphatic heterocycles. The number of nitrogens with zero attached hydrogens (tertiary/aromatic N) is 1. The van der Waals surface area contributed by atoms with Gasteiger partial charge in [-0.15, -0.1) is 0 Å². The summed E-state index contributed by atoms with van der Waals surface area (Å²) >= 11 is 0. The molecule has 0 bridgehead atoms. The Morgan fingerprint density at radius 2 is 2.00 bits per heavy atom. The first-order valence-corrected chi connectivity index (χ1v) is 8.67. The van der Waals surface area contributed by atoms with Gasteiger partial charge < -0.3 is 15.2 Å². The van der Waals surface area contributed by atoms with Crippen molar-refractivity contribution in [3.05, 3.63) is 59.7 Å². The molecule has 0 saturated carbocycles. The number of rotatable bonds is 6. The van der Waals surface area contributed by atoms with Gasteiger partial charge in [-0.25, -0.2) is 0 Å². The molecule has 2 aromatic carbocycles. The third-order valence-electron chi connectivity index (χ3n) is 4.50. The van der Waals surface area contributed by atoms with Gasteiger partial charge in [0.05, 0.1) is 31.5 Å². The molecule has 1 amide bonds. The topological polar surface area (TPSA) is 61.8 Å². The van der Waals surface area contributed by atoms with Crippen LogP contribution in [0.1, 0.15) is 24.1 Å². The molecular weight excluding hydrogens is 316 g/mol. The van der Waals surface area contributed by atoms with E-state index in [0.29, 0.717) is 18.0 Å². The number of nitrogens with one attached hydrogen (secondary N) is 1. The molecule has 0 fully saturated rings. The Bertz CT molecular complexity index is 732. The molecule has 0 aromatic heterocycles. The number of aliphatic hydroxyl groups is 1. The van der Waals surface area contributed by atoms with Crippen molar-refractivity contribution in [1.82, 2.24) is 4.90 Å². The lowest BCUT2D eigenvalue weighted by Gasteiger charge is -2.35. The Morgan fingerprint density at radius 3 is 2.80 bits per heavy atom. The van der Waals surface area contributed by atoms with Crippen LogP contribution in [0, 0.1) is 0 Å². The van der Waals surface area contributed by atoms with Crippen molar-refractivity contribution in [1.29, 1.82) is 0 Å². The van der Waals surface area contributed by atoms with Crippen LogP contribution in [0.2, 0.25) is 0 Å². The molecule has 5 nitrogen and oxygen atoms in total. The van der Waals surface area contributed by atoms with Crippen molar-refractivity contribution in [2.24, 2.45) is 0 Å². The van der Waals surface area contributed by atoms with Gasteiger partial charge in [-0.05, 0) is 36.6 Å². The molecule has 0 radical (unpaired) electrons. The Labute approximate surface area is 148 Å². The van der Waals surface area contributed by atoms with E-state index in [1.165, 1.54) is 5.56 Å². The van der Waals surface area contributed by atoms with Crippen LogP contribution in [-0.2, 0) is 11.2 Å². The number of hydrogen-bond donors (Lipinski definition) is 2. The lowest BCUT2D eigenvalue weighted by Crippen LogP contribution is -2.42. The Hall–Kier alpha value is -2.37. The van der Waals surface area contributed by atoms with Crippen LogP contribution in [0.3, 0.4) is 0 Å². The highest BCUT2D eigenvalue weighted by molar-refractivity contribution is 5.93. The highest BCUT2D eigenvalue weighted by Crippen LogP contribution is 2.29. The van der Waals surface area contributed by atoms with Crippen molar-refractivity contribution < 1.29 is 14.6 Å². The lowest BCUT2D eigenvalue weighted by molar-refractivity contribution is -0.118. The summed E-state index contributed by atoms with van der Waals surface area (Å²) in [7, 11) is 0.